The fourth-order valence-electron chi connectivity index (χ4n) is 1.56. The number of halogens is 1. The molecular formula is C14H23ClS. The van der Waals surface area contributed by atoms with Crippen molar-refractivity contribution < 1.29 is 0 Å². The topological polar surface area (TPSA) is 0 Å². The zero-order valence-corrected chi connectivity index (χ0v) is 12.6. The molecule has 1 rings (SSSR count). The highest BCUT2D eigenvalue weighted by Gasteiger charge is 2.19. The number of hydrogen-bond donors (Lipinski definition) is 0. The van der Waals surface area contributed by atoms with Gasteiger partial charge in [0, 0.05) is 9.75 Å². The second-order valence-electron chi connectivity index (χ2n) is 5.67. The molecule has 0 saturated heterocycles. The molecule has 0 spiro atoms. The molecule has 92 valence electrons. The first kappa shape index (κ1) is 14.1. The van der Waals surface area contributed by atoms with Crippen LogP contribution in [0.2, 0.25) is 0 Å². The van der Waals surface area contributed by atoms with Gasteiger partial charge in [0.05, 0.1) is 5.38 Å². The van der Waals surface area contributed by atoms with Crippen molar-refractivity contribution in [2.24, 2.45) is 5.92 Å². The normalized spacial score (nSPS) is 16.1. The number of alkyl halides is 1. The molecule has 1 aromatic rings. The van der Waals surface area contributed by atoms with E-state index in [1.807, 2.05) is 11.3 Å². The Kier molecular flexibility index (Phi) is 4.88. The van der Waals surface area contributed by atoms with Gasteiger partial charge in [-0.05, 0) is 29.9 Å². The molecule has 0 aliphatic carbocycles. The summed E-state index contributed by atoms with van der Waals surface area (Å²) in [4.78, 5) is 2.75. The molecule has 0 aliphatic rings. The van der Waals surface area contributed by atoms with E-state index in [2.05, 4.69) is 46.8 Å². The first-order chi connectivity index (χ1) is 7.34. The molecule has 2 unspecified atom stereocenters. The van der Waals surface area contributed by atoms with Crippen LogP contribution in [0.3, 0.4) is 0 Å². The summed E-state index contributed by atoms with van der Waals surface area (Å²) in [6.07, 6.45) is 2.29. The van der Waals surface area contributed by atoms with Gasteiger partial charge in [0.2, 0.25) is 0 Å². The molecule has 0 aliphatic heterocycles. The Morgan fingerprint density at radius 3 is 2.38 bits per heavy atom. The van der Waals surface area contributed by atoms with Crippen molar-refractivity contribution in [1.82, 2.24) is 0 Å². The lowest BCUT2D eigenvalue weighted by atomic mass is 9.95. The third-order valence-electron chi connectivity index (χ3n) is 2.98. The smallest absolute Gasteiger partial charge is 0.0681 e. The fraction of sp³-hybridized carbons (Fsp3) is 0.714. The number of hydrogen-bond acceptors (Lipinski definition) is 1. The van der Waals surface area contributed by atoms with Crippen LogP contribution in [-0.2, 0) is 5.41 Å². The molecule has 1 heterocycles. The molecule has 0 amide bonds. The minimum absolute atomic E-state index is 0.191. The third-order valence-corrected chi connectivity index (χ3v) is 5.15. The number of thiophene rings is 1. The van der Waals surface area contributed by atoms with Crippen LogP contribution in [0.4, 0.5) is 0 Å². The van der Waals surface area contributed by atoms with Gasteiger partial charge in [-0.1, -0.05) is 41.0 Å². The average molecular weight is 259 g/mol. The summed E-state index contributed by atoms with van der Waals surface area (Å²) in [6.45, 7) is 11.2. The first-order valence-corrected chi connectivity index (χ1v) is 7.34. The van der Waals surface area contributed by atoms with Crippen molar-refractivity contribution in [3.8, 4) is 0 Å². The standard InChI is InChI=1S/C14H23ClS/c1-6-10(2)9-11(15)12-7-8-13(16-12)14(3,4)5/h7-8,10-11H,6,9H2,1-5H3. The van der Waals surface area contributed by atoms with Gasteiger partial charge in [-0.25, -0.2) is 0 Å². The second kappa shape index (κ2) is 5.55. The van der Waals surface area contributed by atoms with Crippen LogP contribution in [0.25, 0.3) is 0 Å². The Bertz CT molecular complexity index is 322. The minimum Gasteiger partial charge on any atom is -0.143 e. The number of rotatable bonds is 4. The molecule has 0 N–H and O–H groups in total. The summed E-state index contributed by atoms with van der Waals surface area (Å²) in [5, 5.41) is 0.191. The SMILES string of the molecule is CCC(C)CC(Cl)c1ccc(C(C)(C)C)s1. The van der Waals surface area contributed by atoms with Gasteiger partial charge < -0.3 is 0 Å². The van der Waals surface area contributed by atoms with Crippen molar-refractivity contribution in [3.05, 3.63) is 21.9 Å². The van der Waals surface area contributed by atoms with Gasteiger partial charge in [0.15, 0.2) is 0 Å². The van der Waals surface area contributed by atoms with Crippen LogP contribution in [-0.4, -0.2) is 0 Å². The average Bonchev–Trinajstić information content (AvgIpc) is 2.65. The zero-order chi connectivity index (χ0) is 12.3. The fourth-order valence-corrected chi connectivity index (χ4v) is 3.13. The summed E-state index contributed by atoms with van der Waals surface area (Å²) in [5.41, 5.74) is 0.246. The van der Waals surface area contributed by atoms with Gasteiger partial charge in [0.25, 0.3) is 0 Å². The molecule has 0 nitrogen and oxygen atoms in total. The van der Waals surface area contributed by atoms with E-state index in [4.69, 9.17) is 11.6 Å². The molecule has 0 aromatic carbocycles. The van der Waals surface area contributed by atoms with Gasteiger partial charge in [-0.3, -0.25) is 0 Å². The molecule has 2 atom stereocenters. The maximum absolute atomic E-state index is 6.45. The van der Waals surface area contributed by atoms with Crippen LogP contribution < -0.4 is 0 Å². The van der Waals surface area contributed by atoms with E-state index in [0.29, 0.717) is 5.92 Å². The van der Waals surface area contributed by atoms with Crippen LogP contribution in [0, 0.1) is 5.92 Å². The van der Waals surface area contributed by atoms with Crippen molar-refractivity contribution >= 4 is 22.9 Å². The highest BCUT2D eigenvalue weighted by atomic mass is 35.5. The van der Waals surface area contributed by atoms with Gasteiger partial charge in [-0.2, -0.15) is 0 Å². The molecule has 0 fully saturated rings. The highest BCUT2D eigenvalue weighted by molar-refractivity contribution is 7.12. The molecule has 16 heavy (non-hydrogen) atoms. The van der Waals surface area contributed by atoms with E-state index < -0.39 is 0 Å². The van der Waals surface area contributed by atoms with Crippen molar-refractivity contribution in [3.63, 3.8) is 0 Å². The van der Waals surface area contributed by atoms with E-state index in [-0.39, 0.29) is 10.8 Å². The lowest BCUT2D eigenvalue weighted by Gasteiger charge is -2.16. The van der Waals surface area contributed by atoms with E-state index in [9.17, 15) is 0 Å². The van der Waals surface area contributed by atoms with Gasteiger partial charge in [0.1, 0.15) is 0 Å². The summed E-state index contributed by atoms with van der Waals surface area (Å²) in [5.74, 6) is 0.711. The first-order valence-electron chi connectivity index (χ1n) is 6.09. The van der Waals surface area contributed by atoms with Crippen LogP contribution in [0.15, 0.2) is 12.1 Å². The van der Waals surface area contributed by atoms with E-state index in [0.717, 1.165) is 6.42 Å². The van der Waals surface area contributed by atoms with Crippen LogP contribution in [0.5, 0.6) is 0 Å². The van der Waals surface area contributed by atoms with E-state index in [1.54, 1.807) is 0 Å². The third kappa shape index (κ3) is 3.78. The lowest BCUT2D eigenvalue weighted by Crippen LogP contribution is -2.07. The Morgan fingerprint density at radius 2 is 1.94 bits per heavy atom. The van der Waals surface area contributed by atoms with Gasteiger partial charge >= 0.3 is 0 Å². The summed E-state index contributed by atoms with van der Waals surface area (Å²) in [6, 6.07) is 4.43. The maximum Gasteiger partial charge on any atom is 0.0681 e. The van der Waals surface area contributed by atoms with Crippen molar-refractivity contribution in [2.45, 2.75) is 58.3 Å². The predicted molar refractivity (Wildman–Crippen MR) is 75.7 cm³/mol. The van der Waals surface area contributed by atoms with Crippen molar-refractivity contribution in [2.75, 3.05) is 0 Å². The molecular weight excluding hydrogens is 236 g/mol. The van der Waals surface area contributed by atoms with Crippen molar-refractivity contribution in [1.29, 1.82) is 0 Å². The van der Waals surface area contributed by atoms with E-state index in [1.165, 1.54) is 16.2 Å². The second-order valence-corrected chi connectivity index (χ2v) is 7.31. The monoisotopic (exact) mass is 258 g/mol. The predicted octanol–water partition coefficient (Wildman–Crippen LogP) is 5.76. The maximum atomic E-state index is 6.45. The quantitative estimate of drug-likeness (QED) is 0.602. The highest BCUT2D eigenvalue weighted by Crippen LogP contribution is 2.37. The van der Waals surface area contributed by atoms with E-state index >= 15 is 0 Å². The van der Waals surface area contributed by atoms with Gasteiger partial charge in [-0.15, -0.1) is 22.9 Å². The van der Waals surface area contributed by atoms with Crippen LogP contribution in [0.1, 0.15) is 62.6 Å². The Hall–Kier alpha value is -0.0100. The molecule has 1 aromatic heterocycles. The minimum atomic E-state index is 0.191. The summed E-state index contributed by atoms with van der Waals surface area (Å²) >= 11 is 8.32. The molecule has 0 saturated carbocycles. The molecule has 0 radical (unpaired) electrons. The molecule has 0 bridgehead atoms. The Morgan fingerprint density at radius 1 is 1.31 bits per heavy atom. The van der Waals surface area contributed by atoms with Crippen LogP contribution >= 0.6 is 22.9 Å². The Balaban J connectivity index is 2.71. The summed E-state index contributed by atoms with van der Waals surface area (Å²) < 4.78 is 0. The lowest BCUT2D eigenvalue weighted by molar-refractivity contribution is 0.510. The Labute approximate surface area is 109 Å². The largest absolute Gasteiger partial charge is 0.143 e. The summed E-state index contributed by atoms with van der Waals surface area (Å²) in [7, 11) is 0. The molecule has 2 heteroatoms. The zero-order valence-electron chi connectivity index (χ0n) is 11.0.